The van der Waals surface area contributed by atoms with Gasteiger partial charge in [-0.1, -0.05) is 75.4 Å². The summed E-state index contributed by atoms with van der Waals surface area (Å²) in [7, 11) is 0. The summed E-state index contributed by atoms with van der Waals surface area (Å²) >= 11 is 0. The van der Waals surface area contributed by atoms with Gasteiger partial charge in [0.05, 0.1) is 18.1 Å². The summed E-state index contributed by atoms with van der Waals surface area (Å²) in [6.07, 6.45) is 6.02. The van der Waals surface area contributed by atoms with Crippen LogP contribution in [0.15, 0.2) is 54.6 Å². The van der Waals surface area contributed by atoms with Gasteiger partial charge in [0.15, 0.2) is 0 Å². The predicted octanol–water partition coefficient (Wildman–Crippen LogP) is 4.25. The Bertz CT molecular complexity index is 696. The summed E-state index contributed by atoms with van der Waals surface area (Å²) in [5, 5.41) is 10.6. The largest absolute Gasteiger partial charge is 0.439 e. The number of carbonyl (C=O) groups excluding carboxylic acids is 2. The van der Waals surface area contributed by atoms with Crippen LogP contribution in [-0.4, -0.2) is 34.2 Å². The minimum atomic E-state index is -0.889. The Balaban J connectivity index is 2.26. The number of hydrogen-bond donors (Lipinski definition) is 1. The minimum absolute atomic E-state index is 0.127. The van der Waals surface area contributed by atoms with Crippen LogP contribution < -0.4 is 0 Å². The van der Waals surface area contributed by atoms with Gasteiger partial charge >= 0.3 is 6.09 Å². The number of aliphatic hydroxyl groups is 1. The Morgan fingerprint density at radius 3 is 2.52 bits per heavy atom. The number of hydrogen-bond acceptors (Lipinski definition) is 4. The fourth-order valence-electron chi connectivity index (χ4n) is 3.16. The molecule has 0 bridgehead atoms. The van der Waals surface area contributed by atoms with Gasteiger partial charge in [-0.25, -0.2) is 9.69 Å². The number of benzene rings is 1. The first-order valence-electron chi connectivity index (χ1n) is 9.48. The molecule has 0 aliphatic carbocycles. The van der Waals surface area contributed by atoms with Crippen molar-refractivity contribution < 1.29 is 19.4 Å². The third-order valence-corrected chi connectivity index (χ3v) is 4.77. The second-order valence-corrected chi connectivity index (χ2v) is 7.15. The fourth-order valence-corrected chi connectivity index (χ4v) is 3.16. The van der Waals surface area contributed by atoms with Crippen molar-refractivity contribution in [2.24, 2.45) is 11.8 Å². The molecule has 2 amide bonds. The highest BCUT2D eigenvalue weighted by Crippen LogP contribution is 2.34. The Morgan fingerprint density at radius 2 is 1.93 bits per heavy atom. The van der Waals surface area contributed by atoms with Crippen molar-refractivity contribution in [3.63, 3.8) is 0 Å². The maximum absolute atomic E-state index is 13.1. The molecule has 1 aromatic rings. The molecule has 1 aliphatic rings. The number of ether oxygens (including phenoxy) is 1. The number of carbonyl (C=O) groups is 2. The molecule has 1 fully saturated rings. The maximum atomic E-state index is 13.1. The van der Waals surface area contributed by atoms with E-state index in [4.69, 9.17) is 4.74 Å². The third-order valence-electron chi connectivity index (χ3n) is 4.77. The van der Waals surface area contributed by atoms with Gasteiger partial charge in [-0.05, 0) is 24.8 Å². The highest BCUT2D eigenvalue weighted by atomic mass is 16.6. The highest BCUT2D eigenvalue weighted by Gasteiger charge is 2.46. The van der Waals surface area contributed by atoms with Crippen LogP contribution in [0.5, 0.6) is 0 Å². The summed E-state index contributed by atoms with van der Waals surface area (Å²) in [5.74, 6) is -1.37. The molecule has 2 rings (SSSR count). The van der Waals surface area contributed by atoms with E-state index in [9.17, 15) is 14.7 Å². The van der Waals surface area contributed by atoms with Gasteiger partial charge in [0, 0.05) is 0 Å². The normalized spacial score (nSPS) is 22.6. The number of cyclic esters (lactones) is 1. The average molecular weight is 371 g/mol. The molecule has 0 spiro atoms. The smallest absolute Gasteiger partial charge is 0.417 e. The molecule has 0 unspecified atom stereocenters. The number of imide groups is 1. The van der Waals surface area contributed by atoms with Gasteiger partial charge in [0.25, 0.3) is 0 Å². The number of nitrogens with zero attached hydrogens (tertiary/aromatic N) is 1. The first-order valence-corrected chi connectivity index (χ1v) is 9.48. The van der Waals surface area contributed by atoms with Crippen molar-refractivity contribution in [3.05, 3.63) is 60.2 Å². The summed E-state index contributed by atoms with van der Waals surface area (Å²) < 4.78 is 5.47. The van der Waals surface area contributed by atoms with Gasteiger partial charge < -0.3 is 9.84 Å². The number of allylic oxidation sites excluding steroid dienone is 3. The van der Waals surface area contributed by atoms with Gasteiger partial charge in [0.2, 0.25) is 5.91 Å². The Kier molecular flexibility index (Phi) is 7.36. The van der Waals surface area contributed by atoms with Crippen LogP contribution in [0.3, 0.4) is 0 Å². The van der Waals surface area contributed by atoms with E-state index < -0.39 is 36.2 Å². The standard InChI is InChI=1S/C22H29NO4/c1-5-6-7-11-14-18(19(24)15(2)3)21(25)23-16(4)20(27-22(23)26)17-12-9-8-10-13-17/h6-16,18-20,24H,5H2,1-4H3/b7-6+,14-11+/t16-,18-,19+,20-/m1/s1. The van der Waals surface area contributed by atoms with E-state index in [1.165, 1.54) is 0 Å². The molecule has 1 N–H and O–H groups in total. The molecular formula is C22H29NO4. The molecule has 0 radical (unpaired) electrons. The zero-order valence-corrected chi connectivity index (χ0v) is 16.4. The maximum Gasteiger partial charge on any atom is 0.417 e. The Labute approximate surface area is 161 Å². The molecule has 27 heavy (non-hydrogen) atoms. The van der Waals surface area contributed by atoms with Crippen LogP contribution in [0.25, 0.3) is 0 Å². The molecule has 1 saturated heterocycles. The first-order chi connectivity index (χ1) is 12.9. The molecule has 0 saturated carbocycles. The van der Waals surface area contributed by atoms with Gasteiger partial charge in [0.1, 0.15) is 6.10 Å². The van der Waals surface area contributed by atoms with E-state index in [1.807, 2.05) is 63.3 Å². The van der Waals surface area contributed by atoms with Crippen LogP contribution in [0.1, 0.15) is 45.8 Å². The number of amides is 2. The lowest BCUT2D eigenvalue weighted by atomic mass is 9.91. The monoisotopic (exact) mass is 371 g/mol. The Hall–Kier alpha value is -2.40. The topological polar surface area (TPSA) is 66.8 Å². The van der Waals surface area contributed by atoms with E-state index in [1.54, 1.807) is 19.1 Å². The second kappa shape index (κ2) is 9.51. The summed E-state index contributed by atoms with van der Waals surface area (Å²) in [6.45, 7) is 7.50. The van der Waals surface area contributed by atoms with Crippen molar-refractivity contribution in [1.29, 1.82) is 0 Å². The lowest BCUT2D eigenvalue weighted by Crippen LogP contribution is -2.45. The lowest BCUT2D eigenvalue weighted by Gasteiger charge is -2.27. The van der Waals surface area contributed by atoms with Gasteiger partial charge in [-0.15, -0.1) is 0 Å². The molecule has 146 valence electrons. The van der Waals surface area contributed by atoms with Gasteiger partial charge in [-0.2, -0.15) is 0 Å². The average Bonchev–Trinajstić information content (AvgIpc) is 2.95. The zero-order chi connectivity index (χ0) is 20.0. The summed E-state index contributed by atoms with van der Waals surface area (Å²) in [5.41, 5.74) is 0.844. The Morgan fingerprint density at radius 1 is 1.26 bits per heavy atom. The summed E-state index contributed by atoms with van der Waals surface area (Å²) in [6, 6.07) is 8.92. The highest BCUT2D eigenvalue weighted by molar-refractivity contribution is 5.96. The van der Waals surface area contributed by atoms with Crippen molar-refractivity contribution >= 4 is 12.0 Å². The van der Waals surface area contributed by atoms with Gasteiger partial charge in [-0.3, -0.25) is 4.79 Å². The number of aliphatic hydroxyl groups excluding tert-OH is 1. The van der Waals surface area contributed by atoms with E-state index in [-0.39, 0.29) is 5.92 Å². The SMILES string of the molecule is CC/C=C/C=C/[C@@H](C(=O)N1C(=O)O[C@@H](c2ccccc2)[C@H]1C)[C@@H](O)C(C)C. The van der Waals surface area contributed by atoms with Crippen LogP contribution in [0.4, 0.5) is 4.79 Å². The molecule has 4 atom stereocenters. The molecule has 1 aromatic carbocycles. The van der Waals surface area contributed by atoms with Crippen LogP contribution in [0.2, 0.25) is 0 Å². The van der Waals surface area contributed by atoms with Crippen molar-refractivity contribution in [3.8, 4) is 0 Å². The predicted molar refractivity (Wildman–Crippen MR) is 105 cm³/mol. The van der Waals surface area contributed by atoms with Crippen molar-refractivity contribution in [2.75, 3.05) is 0 Å². The molecule has 0 aromatic heterocycles. The van der Waals surface area contributed by atoms with Crippen LogP contribution in [0, 0.1) is 11.8 Å². The quantitative estimate of drug-likeness (QED) is 0.728. The van der Waals surface area contributed by atoms with E-state index in [2.05, 4.69) is 0 Å². The molecule has 5 heteroatoms. The van der Waals surface area contributed by atoms with Crippen LogP contribution >= 0.6 is 0 Å². The van der Waals surface area contributed by atoms with Crippen molar-refractivity contribution in [1.82, 2.24) is 4.90 Å². The molecule has 1 heterocycles. The fraction of sp³-hybridized carbons (Fsp3) is 0.455. The van der Waals surface area contributed by atoms with E-state index in [0.29, 0.717) is 0 Å². The molecular weight excluding hydrogens is 342 g/mol. The minimum Gasteiger partial charge on any atom is -0.439 e. The van der Waals surface area contributed by atoms with E-state index >= 15 is 0 Å². The zero-order valence-electron chi connectivity index (χ0n) is 16.4. The second-order valence-electron chi connectivity index (χ2n) is 7.15. The first kappa shape index (κ1) is 20.9. The van der Waals surface area contributed by atoms with Crippen LogP contribution in [-0.2, 0) is 9.53 Å². The van der Waals surface area contributed by atoms with E-state index in [0.717, 1.165) is 16.9 Å². The molecule has 5 nitrogen and oxygen atoms in total. The van der Waals surface area contributed by atoms with Crippen molar-refractivity contribution in [2.45, 2.75) is 52.4 Å². The number of rotatable bonds is 7. The lowest BCUT2D eigenvalue weighted by molar-refractivity contribution is -0.135. The third kappa shape index (κ3) is 4.86. The summed E-state index contributed by atoms with van der Waals surface area (Å²) in [4.78, 5) is 26.7. The molecule has 1 aliphatic heterocycles.